The lowest BCUT2D eigenvalue weighted by Crippen LogP contribution is -2.16. The molecule has 0 aromatic heterocycles. The molecule has 2 rings (SSSR count). The fourth-order valence-corrected chi connectivity index (χ4v) is 1.66. The van der Waals surface area contributed by atoms with Gasteiger partial charge in [-0.15, -0.1) is 0 Å². The quantitative estimate of drug-likeness (QED) is 0.708. The Bertz CT molecular complexity index is 398. The number of carbonyl (C=O) groups excluding carboxylic acids is 1. The molecular formula is C13H15NO2. The van der Waals surface area contributed by atoms with Gasteiger partial charge in [0.05, 0.1) is 12.3 Å². The van der Waals surface area contributed by atoms with Gasteiger partial charge < -0.3 is 4.74 Å². The number of benzene rings is 1. The summed E-state index contributed by atoms with van der Waals surface area (Å²) in [6, 6.07) is 9.94. The Hall–Kier alpha value is -1.64. The highest BCUT2D eigenvalue weighted by Crippen LogP contribution is 2.18. The minimum Gasteiger partial charge on any atom is -0.464 e. The molecule has 0 saturated carbocycles. The highest BCUT2D eigenvalue weighted by Gasteiger charge is 2.35. The Morgan fingerprint density at radius 2 is 2.06 bits per heavy atom. The summed E-state index contributed by atoms with van der Waals surface area (Å²) >= 11 is 0. The van der Waals surface area contributed by atoms with Crippen molar-refractivity contribution in [1.82, 2.24) is 0 Å². The molecule has 16 heavy (non-hydrogen) atoms. The van der Waals surface area contributed by atoms with Crippen molar-refractivity contribution in [3.05, 3.63) is 35.9 Å². The molecule has 1 aromatic rings. The molecule has 1 heterocycles. The smallest absolute Gasteiger partial charge is 0.336 e. The van der Waals surface area contributed by atoms with E-state index in [1.54, 1.807) is 0 Å². The predicted molar refractivity (Wildman–Crippen MR) is 62.6 cm³/mol. The summed E-state index contributed by atoms with van der Waals surface area (Å²) in [5.41, 5.74) is 2.25. The number of ether oxygens (including phenoxy) is 1. The summed E-state index contributed by atoms with van der Waals surface area (Å²) in [5, 5.41) is 0. The van der Waals surface area contributed by atoms with E-state index in [-0.39, 0.29) is 12.0 Å². The summed E-state index contributed by atoms with van der Waals surface area (Å²) in [7, 11) is 0. The van der Waals surface area contributed by atoms with Gasteiger partial charge in [-0.3, -0.25) is 4.99 Å². The van der Waals surface area contributed by atoms with Crippen LogP contribution in [-0.2, 0) is 16.0 Å². The molecule has 3 nitrogen and oxygen atoms in total. The van der Waals surface area contributed by atoms with Gasteiger partial charge in [-0.2, -0.15) is 0 Å². The van der Waals surface area contributed by atoms with Crippen LogP contribution in [0, 0.1) is 0 Å². The lowest BCUT2D eigenvalue weighted by Gasteiger charge is -1.99. The zero-order chi connectivity index (χ0) is 11.4. The van der Waals surface area contributed by atoms with E-state index in [0.29, 0.717) is 6.61 Å². The number of rotatable bonds is 5. The summed E-state index contributed by atoms with van der Waals surface area (Å²) in [4.78, 5) is 15.4. The number of esters is 1. The van der Waals surface area contributed by atoms with Crippen molar-refractivity contribution in [2.45, 2.75) is 25.8 Å². The Kier molecular flexibility index (Phi) is 3.34. The molecule has 0 saturated heterocycles. The van der Waals surface area contributed by atoms with E-state index in [9.17, 15) is 4.79 Å². The van der Waals surface area contributed by atoms with E-state index in [2.05, 4.69) is 17.1 Å². The Morgan fingerprint density at radius 1 is 1.31 bits per heavy atom. The van der Waals surface area contributed by atoms with Crippen LogP contribution in [0.25, 0.3) is 0 Å². The molecule has 0 amide bonds. The van der Waals surface area contributed by atoms with E-state index in [1.165, 1.54) is 5.56 Å². The van der Waals surface area contributed by atoms with E-state index >= 15 is 0 Å². The normalized spacial score (nSPS) is 17.8. The molecule has 0 aliphatic carbocycles. The van der Waals surface area contributed by atoms with Gasteiger partial charge in [-0.1, -0.05) is 30.3 Å². The van der Waals surface area contributed by atoms with Gasteiger partial charge in [-0.25, -0.2) is 4.79 Å². The summed E-state index contributed by atoms with van der Waals surface area (Å²) in [6.45, 7) is 2.24. The third kappa shape index (κ3) is 2.69. The topological polar surface area (TPSA) is 38.7 Å². The third-order valence-electron chi connectivity index (χ3n) is 2.57. The molecule has 0 spiro atoms. The van der Waals surface area contributed by atoms with Crippen molar-refractivity contribution in [3.63, 3.8) is 0 Å². The predicted octanol–water partition coefficient (Wildman–Crippen LogP) is 2.01. The highest BCUT2D eigenvalue weighted by molar-refractivity contribution is 6.16. The third-order valence-corrected chi connectivity index (χ3v) is 2.57. The average Bonchev–Trinajstić information content (AvgIpc) is 3.08. The van der Waals surface area contributed by atoms with Crippen LogP contribution in [0.1, 0.15) is 18.9 Å². The Balaban J connectivity index is 1.74. The lowest BCUT2D eigenvalue weighted by molar-refractivity contribution is -0.142. The van der Waals surface area contributed by atoms with Crippen molar-refractivity contribution in [3.8, 4) is 0 Å². The Labute approximate surface area is 95.2 Å². The van der Waals surface area contributed by atoms with Gasteiger partial charge in [0.15, 0.2) is 6.04 Å². The molecule has 0 bridgehead atoms. The molecule has 1 aliphatic rings. The summed E-state index contributed by atoms with van der Waals surface area (Å²) < 4.78 is 4.89. The minimum absolute atomic E-state index is 0.203. The largest absolute Gasteiger partial charge is 0.464 e. The highest BCUT2D eigenvalue weighted by atomic mass is 16.5. The second-order valence-electron chi connectivity index (χ2n) is 3.76. The second-order valence-corrected chi connectivity index (χ2v) is 3.76. The first-order chi connectivity index (χ1) is 7.81. The van der Waals surface area contributed by atoms with Crippen molar-refractivity contribution < 1.29 is 9.53 Å². The van der Waals surface area contributed by atoms with Crippen LogP contribution in [0.15, 0.2) is 35.3 Å². The average molecular weight is 217 g/mol. The first-order valence-electron chi connectivity index (χ1n) is 5.58. The fraction of sp³-hybridized carbons (Fsp3) is 0.385. The molecule has 1 aromatic carbocycles. The number of hydrogen-bond acceptors (Lipinski definition) is 3. The first-order valence-corrected chi connectivity index (χ1v) is 5.58. The zero-order valence-electron chi connectivity index (χ0n) is 9.35. The first kappa shape index (κ1) is 10.9. The summed E-state index contributed by atoms with van der Waals surface area (Å²) in [6.07, 6.45) is 1.79. The van der Waals surface area contributed by atoms with E-state index < -0.39 is 0 Å². The number of nitrogens with zero attached hydrogens (tertiary/aromatic N) is 1. The van der Waals surface area contributed by atoms with Gasteiger partial charge in [0.2, 0.25) is 0 Å². The van der Waals surface area contributed by atoms with Crippen molar-refractivity contribution in [1.29, 1.82) is 0 Å². The SMILES string of the molecule is CCOC(=O)C1N=C1CCc1ccccc1. The maximum absolute atomic E-state index is 11.3. The molecule has 3 heteroatoms. The van der Waals surface area contributed by atoms with Crippen LogP contribution in [0.4, 0.5) is 0 Å². The van der Waals surface area contributed by atoms with E-state index in [0.717, 1.165) is 18.6 Å². The molecule has 84 valence electrons. The monoisotopic (exact) mass is 217 g/mol. The lowest BCUT2D eigenvalue weighted by atomic mass is 10.1. The molecule has 1 unspecified atom stereocenters. The number of aryl methyl sites for hydroxylation is 1. The summed E-state index contributed by atoms with van der Waals surface area (Å²) in [5.74, 6) is -0.203. The van der Waals surface area contributed by atoms with Gasteiger partial charge in [-0.05, 0) is 25.3 Å². The van der Waals surface area contributed by atoms with Gasteiger partial charge in [0, 0.05) is 0 Å². The standard InChI is InChI=1S/C13H15NO2/c1-2-16-13(15)12-11(14-12)9-8-10-6-4-3-5-7-10/h3-7,12H,2,8-9H2,1H3. The van der Waals surface area contributed by atoms with Gasteiger partial charge in [0.1, 0.15) is 0 Å². The van der Waals surface area contributed by atoms with Crippen molar-refractivity contribution >= 4 is 11.7 Å². The van der Waals surface area contributed by atoms with Crippen LogP contribution in [0.2, 0.25) is 0 Å². The zero-order valence-corrected chi connectivity index (χ0v) is 9.35. The minimum atomic E-state index is -0.274. The molecule has 0 N–H and O–H groups in total. The van der Waals surface area contributed by atoms with Crippen LogP contribution in [0.5, 0.6) is 0 Å². The van der Waals surface area contributed by atoms with Gasteiger partial charge >= 0.3 is 5.97 Å². The van der Waals surface area contributed by atoms with Crippen LogP contribution in [-0.4, -0.2) is 24.3 Å². The van der Waals surface area contributed by atoms with E-state index in [1.807, 2.05) is 25.1 Å². The number of carbonyl (C=O) groups is 1. The van der Waals surface area contributed by atoms with Crippen LogP contribution >= 0.6 is 0 Å². The molecular weight excluding hydrogens is 202 g/mol. The second kappa shape index (κ2) is 4.92. The Morgan fingerprint density at radius 3 is 2.75 bits per heavy atom. The maximum atomic E-state index is 11.3. The number of aliphatic imine (C=N–C) groups is 1. The van der Waals surface area contributed by atoms with Gasteiger partial charge in [0.25, 0.3) is 0 Å². The fourth-order valence-electron chi connectivity index (χ4n) is 1.66. The molecule has 0 fully saturated rings. The van der Waals surface area contributed by atoms with E-state index in [4.69, 9.17) is 4.74 Å². The molecule has 1 aliphatic heterocycles. The molecule has 0 radical (unpaired) electrons. The van der Waals surface area contributed by atoms with Crippen LogP contribution < -0.4 is 0 Å². The van der Waals surface area contributed by atoms with Crippen LogP contribution in [0.3, 0.4) is 0 Å². The van der Waals surface area contributed by atoms with Crippen molar-refractivity contribution in [2.24, 2.45) is 4.99 Å². The molecule has 1 atom stereocenters. The maximum Gasteiger partial charge on any atom is 0.336 e. The number of hydrogen-bond donors (Lipinski definition) is 0. The van der Waals surface area contributed by atoms with Crippen molar-refractivity contribution in [2.75, 3.05) is 6.61 Å².